The first kappa shape index (κ1) is 14.7. The molecule has 0 aromatic heterocycles. The molecule has 0 radical (unpaired) electrons. The van der Waals surface area contributed by atoms with Gasteiger partial charge in [0.05, 0.1) is 5.02 Å². The first-order chi connectivity index (χ1) is 8.97. The van der Waals surface area contributed by atoms with Crippen LogP contribution in [-0.2, 0) is 0 Å². The highest BCUT2D eigenvalue weighted by molar-refractivity contribution is 9.10. The van der Waals surface area contributed by atoms with E-state index < -0.39 is 0 Å². The van der Waals surface area contributed by atoms with Gasteiger partial charge in [0.1, 0.15) is 11.5 Å². The van der Waals surface area contributed by atoms with Crippen molar-refractivity contribution in [1.82, 2.24) is 0 Å². The van der Waals surface area contributed by atoms with E-state index in [4.69, 9.17) is 33.7 Å². The minimum atomic E-state index is -0.113. The highest BCUT2D eigenvalue weighted by Gasteiger charge is 2.08. The van der Waals surface area contributed by atoms with Crippen molar-refractivity contribution in [3.63, 3.8) is 0 Å². The molecular weight excluding hydrogens is 349 g/mol. The molecule has 0 aliphatic carbocycles. The summed E-state index contributed by atoms with van der Waals surface area (Å²) in [5.41, 5.74) is 6.69. The van der Waals surface area contributed by atoms with Gasteiger partial charge in [-0.25, -0.2) is 0 Å². The molecule has 0 fully saturated rings. The third kappa shape index (κ3) is 3.63. The minimum absolute atomic E-state index is 0.113. The van der Waals surface area contributed by atoms with Gasteiger partial charge < -0.3 is 10.5 Å². The summed E-state index contributed by atoms with van der Waals surface area (Å²) in [4.78, 5) is 0. The molecule has 1 unspecified atom stereocenters. The number of nitrogens with two attached hydrogens (primary N) is 1. The topological polar surface area (TPSA) is 35.2 Å². The number of hydrogen-bond acceptors (Lipinski definition) is 2. The van der Waals surface area contributed by atoms with Crippen molar-refractivity contribution < 1.29 is 4.74 Å². The van der Waals surface area contributed by atoms with Crippen LogP contribution >= 0.6 is 39.1 Å². The zero-order valence-corrected chi connectivity index (χ0v) is 13.3. The Morgan fingerprint density at radius 1 is 1.11 bits per heavy atom. The summed E-state index contributed by atoms with van der Waals surface area (Å²) in [6.45, 7) is 1.88. The number of ether oxygens (including phenoxy) is 1. The standard InChI is InChI=1S/C14H12BrCl2NO/c1-8(18)11-4-3-10(7-12(11)16)19-14-5-2-9(15)6-13(14)17/h2-8H,18H2,1H3. The molecule has 0 bridgehead atoms. The first-order valence-corrected chi connectivity index (χ1v) is 7.20. The number of halogens is 3. The van der Waals surface area contributed by atoms with Crippen molar-refractivity contribution >= 4 is 39.1 Å². The van der Waals surface area contributed by atoms with Crippen LogP contribution in [0.4, 0.5) is 0 Å². The molecule has 0 saturated carbocycles. The second-order valence-corrected chi connectivity index (χ2v) is 5.88. The highest BCUT2D eigenvalue weighted by atomic mass is 79.9. The molecule has 100 valence electrons. The summed E-state index contributed by atoms with van der Waals surface area (Å²) in [6.07, 6.45) is 0. The zero-order valence-electron chi connectivity index (χ0n) is 10.2. The van der Waals surface area contributed by atoms with Gasteiger partial charge in [-0.05, 0) is 42.8 Å². The Kier molecular flexibility index (Phi) is 4.74. The van der Waals surface area contributed by atoms with E-state index in [1.807, 2.05) is 25.1 Å². The Balaban J connectivity index is 2.26. The van der Waals surface area contributed by atoms with E-state index in [9.17, 15) is 0 Å². The van der Waals surface area contributed by atoms with E-state index in [2.05, 4.69) is 15.9 Å². The minimum Gasteiger partial charge on any atom is -0.456 e. The van der Waals surface area contributed by atoms with Gasteiger partial charge >= 0.3 is 0 Å². The molecule has 19 heavy (non-hydrogen) atoms. The van der Waals surface area contributed by atoms with Gasteiger partial charge in [0.2, 0.25) is 0 Å². The van der Waals surface area contributed by atoms with Gasteiger partial charge in [0.25, 0.3) is 0 Å². The van der Waals surface area contributed by atoms with Crippen LogP contribution < -0.4 is 10.5 Å². The third-order valence-corrected chi connectivity index (χ3v) is 3.70. The van der Waals surface area contributed by atoms with Crippen LogP contribution in [0.3, 0.4) is 0 Å². The average molecular weight is 361 g/mol. The van der Waals surface area contributed by atoms with Crippen molar-refractivity contribution in [2.75, 3.05) is 0 Å². The van der Waals surface area contributed by atoms with Crippen LogP contribution in [0.5, 0.6) is 11.5 Å². The maximum Gasteiger partial charge on any atom is 0.146 e. The predicted molar refractivity (Wildman–Crippen MR) is 83.3 cm³/mol. The van der Waals surface area contributed by atoms with E-state index in [-0.39, 0.29) is 6.04 Å². The lowest BCUT2D eigenvalue weighted by Crippen LogP contribution is -2.05. The lowest BCUT2D eigenvalue weighted by molar-refractivity contribution is 0.482. The van der Waals surface area contributed by atoms with E-state index in [0.717, 1.165) is 10.0 Å². The Hall–Kier alpha value is -0.740. The molecule has 2 N–H and O–H groups in total. The average Bonchev–Trinajstić information content (AvgIpc) is 2.32. The monoisotopic (exact) mass is 359 g/mol. The van der Waals surface area contributed by atoms with Gasteiger partial charge in [-0.2, -0.15) is 0 Å². The fraction of sp³-hybridized carbons (Fsp3) is 0.143. The molecule has 0 aliphatic heterocycles. The van der Waals surface area contributed by atoms with Crippen LogP contribution in [0.2, 0.25) is 10.0 Å². The second-order valence-electron chi connectivity index (χ2n) is 4.15. The summed E-state index contributed by atoms with van der Waals surface area (Å²) in [5.74, 6) is 1.20. The molecule has 0 aliphatic rings. The van der Waals surface area contributed by atoms with Crippen molar-refractivity contribution in [1.29, 1.82) is 0 Å². The molecule has 1 atom stereocenters. The molecule has 0 heterocycles. The summed E-state index contributed by atoms with van der Waals surface area (Å²) >= 11 is 15.6. The van der Waals surface area contributed by atoms with Crippen molar-refractivity contribution in [3.8, 4) is 11.5 Å². The highest BCUT2D eigenvalue weighted by Crippen LogP contribution is 2.34. The summed E-state index contributed by atoms with van der Waals surface area (Å²) < 4.78 is 6.60. The summed E-state index contributed by atoms with van der Waals surface area (Å²) in [7, 11) is 0. The van der Waals surface area contributed by atoms with Crippen molar-refractivity contribution in [3.05, 3.63) is 56.5 Å². The Bertz CT molecular complexity index is 602. The fourth-order valence-electron chi connectivity index (χ4n) is 1.63. The van der Waals surface area contributed by atoms with E-state index in [1.54, 1.807) is 18.2 Å². The smallest absolute Gasteiger partial charge is 0.146 e. The maximum atomic E-state index is 6.16. The Morgan fingerprint density at radius 2 is 1.84 bits per heavy atom. The van der Waals surface area contributed by atoms with E-state index >= 15 is 0 Å². The second kappa shape index (κ2) is 6.14. The van der Waals surface area contributed by atoms with Crippen LogP contribution in [0.15, 0.2) is 40.9 Å². The third-order valence-electron chi connectivity index (χ3n) is 2.58. The van der Waals surface area contributed by atoms with E-state index in [0.29, 0.717) is 21.5 Å². The Morgan fingerprint density at radius 3 is 2.42 bits per heavy atom. The predicted octanol–water partition coefficient (Wildman–Crippen LogP) is 5.57. The van der Waals surface area contributed by atoms with Crippen LogP contribution in [-0.4, -0.2) is 0 Å². The van der Waals surface area contributed by atoms with Crippen molar-refractivity contribution in [2.45, 2.75) is 13.0 Å². The summed E-state index contributed by atoms with van der Waals surface area (Å²) in [6, 6.07) is 10.7. The lowest BCUT2D eigenvalue weighted by atomic mass is 10.1. The number of benzene rings is 2. The van der Waals surface area contributed by atoms with Gasteiger partial charge in [0, 0.05) is 15.5 Å². The molecular formula is C14H12BrCl2NO. The molecule has 2 nitrogen and oxygen atoms in total. The van der Waals surface area contributed by atoms with E-state index in [1.165, 1.54) is 0 Å². The molecule has 0 amide bonds. The molecule has 0 spiro atoms. The van der Waals surface area contributed by atoms with Gasteiger partial charge in [-0.15, -0.1) is 0 Å². The number of hydrogen-bond donors (Lipinski definition) is 1. The molecule has 0 saturated heterocycles. The van der Waals surface area contributed by atoms with Gasteiger partial charge in [-0.1, -0.05) is 45.2 Å². The Labute approximate surface area is 130 Å². The first-order valence-electron chi connectivity index (χ1n) is 5.65. The van der Waals surface area contributed by atoms with Crippen molar-refractivity contribution in [2.24, 2.45) is 5.73 Å². The van der Waals surface area contributed by atoms with Crippen LogP contribution in [0.1, 0.15) is 18.5 Å². The summed E-state index contributed by atoms with van der Waals surface area (Å²) in [5, 5.41) is 1.11. The van der Waals surface area contributed by atoms with Gasteiger partial charge in [-0.3, -0.25) is 0 Å². The SMILES string of the molecule is CC(N)c1ccc(Oc2ccc(Br)cc2Cl)cc1Cl. The number of rotatable bonds is 3. The normalized spacial score (nSPS) is 12.3. The molecule has 2 aromatic carbocycles. The molecule has 2 aromatic rings. The lowest BCUT2D eigenvalue weighted by Gasteiger charge is -2.12. The maximum absolute atomic E-state index is 6.16. The van der Waals surface area contributed by atoms with Crippen LogP contribution in [0, 0.1) is 0 Å². The fourth-order valence-corrected chi connectivity index (χ4v) is 2.68. The zero-order chi connectivity index (χ0) is 14.0. The largest absolute Gasteiger partial charge is 0.456 e. The van der Waals surface area contributed by atoms with Crippen LogP contribution in [0.25, 0.3) is 0 Å². The molecule has 5 heteroatoms. The van der Waals surface area contributed by atoms with Gasteiger partial charge in [0.15, 0.2) is 0 Å². The molecule has 2 rings (SSSR count). The quantitative estimate of drug-likeness (QED) is 0.776.